The highest BCUT2D eigenvalue weighted by Gasteiger charge is 1.89. The van der Waals surface area contributed by atoms with Gasteiger partial charge in [-0.25, -0.2) is 9.89 Å². The summed E-state index contributed by atoms with van der Waals surface area (Å²) in [5.41, 5.74) is -0.248. The van der Waals surface area contributed by atoms with E-state index in [2.05, 4.69) is 10.1 Å². The average Bonchev–Trinajstić information content (AvgIpc) is 2.10. The van der Waals surface area contributed by atoms with E-state index >= 15 is 0 Å². The molecule has 0 spiro atoms. The predicted octanol–water partition coefficient (Wildman–Crippen LogP) is 0.254. The Kier molecular flexibility index (Phi) is 1.52. The van der Waals surface area contributed by atoms with Crippen LogP contribution >= 0.6 is 12.2 Å². The lowest BCUT2D eigenvalue weighted by Gasteiger charge is -1.89. The second-order valence-electron chi connectivity index (χ2n) is 1.62. The van der Waals surface area contributed by atoms with Crippen LogP contribution in [0, 0.1) is 4.77 Å². The van der Waals surface area contributed by atoms with Crippen molar-refractivity contribution in [2.75, 3.05) is 0 Å². The number of nitrogens with one attached hydrogen (secondary N) is 2. The van der Waals surface area contributed by atoms with Crippen molar-refractivity contribution >= 4 is 12.2 Å². The highest BCUT2D eigenvalue weighted by molar-refractivity contribution is 7.71. The quantitative estimate of drug-likeness (QED) is 0.557. The molecule has 0 bridgehead atoms. The van der Waals surface area contributed by atoms with E-state index < -0.39 is 0 Å². The van der Waals surface area contributed by atoms with Crippen molar-refractivity contribution in [3.8, 4) is 0 Å². The number of H-pyrrole nitrogens is 2. The molecule has 0 fully saturated rings. The number of nitrogens with zero attached hydrogens (tertiary/aromatic N) is 1. The second kappa shape index (κ2) is 2.18. The van der Waals surface area contributed by atoms with Gasteiger partial charge < -0.3 is 0 Å². The molecule has 5 heteroatoms. The topological polar surface area (TPSA) is 53.6 Å². The first-order chi connectivity index (χ1) is 4.24. The zero-order valence-corrected chi connectivity index (χ0v) is 5.79. The van der Waals surface area contributed by atoms with E-state index in [0.29, 0.717) is 11.3 Å². The Hall–Kier alpha value is -0.840. The zero-order valence-electron chi connectivity index (χ0n) is 4.97. The summed E-state index contributed by atoms with van der Waals surface area (Å²) >= 11 is 4.75. The van der Waals surface area contributed by atoms with Crippen molar-refractivity contribution in [3.63, 3.8) is 0 Å². The molecular formula is C4H7N3OS. The minimum absolute atomic E-state index is 0.248. The van der Waals surface area contributed by atoms with Gasteiger partial charge >= 0.3 is 5.69 Å². The van der Waals surface area contributed by atoms with Crippen molar-refractivity contribution < 1.29 is 0 Å². The van der Waals surface area contributed by atoms with Crippen LogP contribution < -0.4 is 5.69 Å². The first kappa shape index (κ1) is 6.28. The van der Waals surface area contributed by atoms with Crippen LogP contribution in [0.2, 0.25) is 0 Å². The molecule has 1 rings (SSSR count). The minimum Gasteiger partial charge on any atom is -0.282 e. The third kappa shape index (κ3) is 1.10. The number of hydrogen-bond donors (Lipinski definition) is 2. The third-order valence-corrected chi connectivity index (χ3v) is 1.34. The molecule has 0 saturated carbocycles. The van der Waals surface area contributed by atoms with Gasteiger partial charge in [-0.15, -0.1) is 0 Å². The fraction of sp³-hybridized carbons (Fsp3) is 0.500. The van der Waals surface area contributed by atoms with Crippen LogP contribution in [0.25, 0.3) is 0 Å². The predicted molar refractivity (Wildman–Crippen MR) is 35.9 cm³/mol. The number of hydrogen-bond acceptors (Lipinski definition) is 2. The standard InChI is InChI=1S/C4H7N3OS/c1-2-7-4(9)5-3(8)6-7/h2H2,1H3,(H2,5,6,8,9). The van der Waals surface area contributed by atoms with E-state index in [1.54, 1.807) is 4.68 Å². The van der Waals surface area contributed by atoms with E-state index in [1.807, 2.05) is 6.92 Å². The summed E-state index contributed by atoms with van der Waals surface area (Å²) in [5.74, 6) is 0. The molecule has 0 amide bonds. The molecule has 1 aromatic heterocycles. The Bertz CT molecular complexity index is 293. The molecule has 2 N–H and O–H groups in total. The van der Waals surface area contributed by atoms with Gasteiger partial charge in [-0.1, -0.05) is 0 Å². The van der Waals surface area contributed by atoms with Gasteiger partial charge in [-0.3, -0.25) is 9.67 Å². The Morgan fingerprint density at radius 3 is 2.67 bits per heavy atom. The maximum atomic E-state index is 10.5. The average molecular weight is 145 g/mol. The van der Waals surface area contributed by atoms with Gasteiger partial charge in [0.2, 0.25) is 0 Å². The van der Waals surface area contributed by atoms with Crippen molar-refractivity contribution in [1.29, 1.82) is 0 Å². The number of aromatic amines is 2. The number of aromatic nitrogens is 3. The van der Waals surface area contributed by atoms with Crippen LogP contribution in [0.1, 0.15) is 6.92 Å². The van der Waals surface area contributed by atoms with Crippen LogP contribution in [0.3, 0.4) is 0 Å². The summed E-state index contributed by atoms with van der Waals surface area (Å²) in [6.07, 6.45) is 0. The molecule has 0 unspecified atom stereocenters. The van der Waals surface area contributed by atoms with Crippen LogP contribution in [-0.4, -0.2) is 14.8 Å². The maximum Gasteiger partial charge on any atom is 0.339 e. The molecule has 0 aliphatic rings. The van der Waals surface area contributed by atoms with Gasteiger partial charge in [0.25, 0.3) is 0 Å². The smallest absolute Gasteiger partial charge is 0.282 e. The molecule has 0 aliphatic carbocycles. The van der Waals surface area contributed by atoms with Gasteiger partial charge in [-0.2, -0.15) is 0 Å². The second-order valence-corrected chi connectivity index (χ2v) is 2.00. The fourth-order valence-corrected chi connectivity index (χ4v) is 0.856. The SMILES string of the molecule is CCn1[nH]c(=O)[nH]c1=S. The van der Waals surface area contributed by atoms with Gasteiger partial charge in [0.1, 0.15) is 0 Å². The van der Waals surface area contributed by atoms with E-state index in [4.69, 9.17) is 12.2 Å². The van der Waals surface area contributed by atoms with Gasteiger partial charge in [0.15, 0.2) is 4.77 Å². The van der Waals surface area contributed by atoms with E-state index in [-0.39, 0.29) is 5.69 Å². The summed E-state index contributed by atoms with van der Waals surface area (Å²) in [6.45, 7) is 2.59. The number of aryl methyl sites for hydroxylation is 1. The summed E-state index contributed by atoms with van der Waals surface area (Å²) in [6, 6.07) is 0. The minimum atomic E-state index is -0.248. The summed E-state index contributed by atoms with van der Waals surface area (Å²) in [5, 5.41) is 2.50. The summed E-state index contributed by atoms with van der Waals surface area (Å²) < 4.78 is 2.01. The molecule has 0 saturated heterocycles. The molecule has 0 atom stereocenters. The molecule has 1 heterocycles. The molecule has 4 nitrogen and oxygen atoms in total. The lowest BCUT2D eigenvalue weighted by molar-refractivity contribution is 0.643. The Labute approximate surface area is 56.5 Å². The molecule has 0 aromatic carbocycles. The normalized spacial score (nSPS) is 9.89. The van der Waals surface area contributed by atoms with Crippen molar-refractivity contribution in [2.24, 2.45) is 0 Å². The largest absolute Gasteiger partial charge is 0.339 e. The molecule has 1 aromatic rings. The third-order valence-electron chi connectivity index (χ3n) is 1.02. The molecule has 9 heavy (non-hydrogen) atoms. The van der Waals surface area contributed by atoms with Crippen LogP contribution in [0.15, 0.2) is 4.79 Å². The summed E-state index contributed by atoms with van der Waals surface area (Å²) in [7, 11) is 0. The van der Waals surface area contributed by atoms with E-state index in [9.17, 15) is 4.79 Å². The lowest BCUT2D eigenvalue weighted by atomic mass is 10.8. The van der Waals surface area contributed by atoms with Crippen molar-refractivity contribution in [2.45, 2.75) is 13.5 Å². The van der Waals surface area contributed by atoms with Gasteiger partial charge in [-0.05, 0) is 19.1 Å². The van der Waals surface area contributed by atoms with Crippen LogP contribution in [0.5, 0.6) is 0 Å². The van der Waals surface area contributed by atoms with Crippen LogP contribution in [-0.2, 0) is 6.54 Å². The van der Waals surface area contributed by atoms with E-state index in [0.717, 1.165) is 0 Å². The molecule has 0 aliphatic heterocycles. The maximum absolute atomic E-state index is 10.5. The van der Waals surface area contributed by atoms with Gasteiger partial charge in [0.05, 0.1) is 0 Å². The van der Waals surface area contributed by atoms with Crippen molar-refractivity contribution in [1.82, 2.24) is 14.8 Å². The molecule has 0 radical (unpaired) electrons. The van der Waals surface area contributed by atoms with Crippen molar-refractivity contribution in [3.05, 3.63) is 15.3 Å². The monoisotopic (exact) mass is 145 g/mol. The Morgan fingerprint density at radius 2 is 2.44 bits per heavy atom. The highest BCUT2D eigenvalue weighted by atomic mass is 32.1. The lowest BCUT2D eigenvalue weighted by Crippen LogP contribution is -2.05. The number of rotatable bonds is 1. The zero-order chi connectivity index (χ0) is 6.85. The fourth-order valence-electron chi connectivity index (χ4n) is 0.589. The molecule has 50 valence electrons. The van der Waals surface area contributed by atoms with E-state index in [1.165, 1.54) is 0 Å². The molecular weight excluding hydrogens is 138 g/mol. The first-order valence-electron chi connectivity index (χ1n) is 2.63. The first-order valence-corrected chi connectivity index (χ1v) is 3.04. The Morgan fingerprint density at radius 1 is 1.78 bits per heavy atom. The highest BCUT2D eigenvalue weighted by Crippen LogP contribution is 1.78. The van der Waals surface area contributed by atoms with Crippen LogP contribution in [0.4, 0.5) is 0 Å². The van der Waals surface area contributed by atoms with Gasteiger partial charge in [0, 0.05) is 6.54 Å². The summed E-state index contributed by atoms with van der Waals surface area (Å²) in [4.78, 5) is 12.9. The Balaban J connectivity index is 3.33.